The van der Waals surface area contributed by atoms with Crippen LogP contribution in [0, 0.1) is 5.92 Å². The number of aliphatic hydroxyl groups excluding tert-OH is 1. The highest BCUT2D eigenvalue weighted by atomic mass is 35.5. The minimum absolute atomic E-state index is 0.0411. The van der Waals surface area contributed by atoms with E-state index in [1.807, 2.05) is 10.8 Å². The van der Waals surface area contributed by atoms with Gasteiger partial charge in [0.2, 0.25) is 5.91 Å². The summed E-state index contributed by atoms with van der Waals surface area (Å²) < 4.78 is 1.97. The van der Waals surface area contributed by atoms with Crippen molar-refractivity contribution in [2.24, 2.45) is 5.92 Å². The van der Waals surface area contributed by atoms with Gasteiger partial charge in [-0.25, -0.2) is 4.98 Å². The number of carbonyl (C=O) groups excluding carboxylic acids is 1. The second-order valence-corrected chi connectivity index (χ2v) is 5.88. The van der Waals surface area contributed by atoms with E-state index in [0.29, 0.717) is 17.1 Å². The van der Waals surface area contributed by atoms with Gasteiger partial charge >= 0.3 is 0 Å². The predicted octanol–water partition coefficient (Wildman–Crippen LogP) is 2.41. The molecule has 118 valence electrons. The Hall–Kier alpha value is -1.85. The molecular formula is C16H20ClN3O2. The normalized spacial score (nSPS) is 13.6. The van der Waals surface area contributed by atoms with E-state index in [-0.39, 0.29) is 18.2 Å². The Bertz CT molecular complexity index is 584. The molecule has 0 aliphatic rings. The monoisotopic (exact) mass is 321 g/mol. The number of aromatic nitrogens is 2. The number of imidazole rings is 1. The van der Waals surface area contributed by atoms with Gasteiger partial charge in [-0.1, -0.05) is 30.7 Å². The smallest absolute Gasteiger partial charge is 0.222 e. The molecule has 0 radical (unpaired) electrons. The van der Waals surface area contributed by atoms with Gasteiger partial charge < -0.3 is 15.0 Å². The Kier molecular flexibility index (Phi) is 5.98. The van der Waals surface area contributed by atoms with Crippen molar-refractivity contribution in [1.29, 1.82) is 0 Å². The summed E-state index contributed by atoms with van der Waals surface area (Å²) in [5.41, 5.74) is 0.686. The van der Waals surface area contributed by atoms with E-state index in [1.165, 1.54) is 0 Å². The summed E-state index contributed by atoms with van der Waals surface area (Å²) in [5.74, 6) is 0.116. The Morgan fingerprint density at radius 1 is 1.41 bits per heavy atom. The van der Waals surface area contributed by atoms with Crippen LogP contribution < -0.4 is 5.32 Å². The van der Waals surface area contributed by atoms with E-state index in [9.17, 15) is 9.90 Å². The number of nitrogens with one attached hydrogen (secondary N) is 1. The van der Waals surface area contributed by atoms with Crippen LogP contribution >= 0.6 is 11.6 Å². The van der Waals surface area contributed by atoms with E-state index in [2.05, 4.69) is 17.2 Å². The molecule has 2 atom stereocenters. The largest absolute Gasteiger partial charge is 0.388 e. The number of nitrogens with zero attached hydrogens (tertiary/aromatic N) is 2. The molecule has 22 heavy (non-hydrogen) atoms. The number of aliphatic hydroxyl groups is 1. The molecule has 1 heterocycles. The molecular weight excluding hydrogens is 302 g/mol. The summed E-state index contributed by atoms with van der Waals surface area (Å²) >= 11 is 5.80. The average molecular weight is 322 g/mol. The minimum atomic E-state index is -0.818. The van der Waals surface area contributed by atoms with E-state index in [1.54, 1.807) is 36.8 Å². The van der Waals surface area contributed by atoms with Crippen molar-refractivity contribution in [2.75, 3.05) is 6.54 Å². The number of hydrogen-bond acceptors (Lipinski definition) is 3. The molecule has 5 nitrogen and oxygen atoms in total. The highest BCUT2D eigenvalue weighted by molar-refractivity contribution is 6.30. The van der Waals surface area contributed by atoms with Crippen molar-refractivity contribution in [3.63, 3.8) is 0 Å². The van der Waals surface area contributed by atoms with E-state index in [0.717, 1.165) is 6.54 Å². The molecule has 1 aromatic carbocycles. The quantitative estimate of drug-likeness (QED) is 0.823. The molecule has 0 saturated heterocycles. The molecule has 2 unspecified atom stereocenters. The lowest BCUT2D eigenvalue weighted by Crippen LogP contribution is -2.30. The molecule has 6 heteroatoms. The fourth-order valence-electron chi connectivity index (χ4n) is 2.16. The summed E-state index contributed by atoms with van der Waals surface area (Å²) in [6.45, 7) is 3.40. The van der Waals surface area contributed by atoms with Crippen LogP contribution in [0.25, 0.3) is 0 Å². The van der Waals surface area contributed by atoms with Gasteiger partial charge in [-0.05, 0) is 23.6 Å². The SMILES string of the molecule is CC(CNC(=O)CC(O)c1ccc(Cl)cc1)Cn1ccnc1. The van der Waals surface area contributed by atoms with Gasteiger partial charge in [0.25, 0.3) is 0 Å². The second-order valence-electron chi connectivity index (χ2n) is 5.44. The molecule has 2 N–H and O–H groups in total. The second kappa shape index (κ2) is 7.96. The van der Waals surface area contributed by atoms with Crippen LogP contribution in [0.4, 0.5) is 0 Å². The van der Waals surface area contributed by atoms with Crippen LogP contribution in [0.1, 0.15) is 25.0 Å². The molecule has 1 amide bonds. The fraction of sp³-hybridized carbons (Fsp3) is 0.375. The summed E-state index contributed by atoms with van der Waals surface area (Å²) in [4.78, 5) is 15.9. The van der Waals surface area contributed by atoms with Crippen molar-refractivity contribution >= 4 is 17.5 Å². The lowest BCUT2D eigenvalue weighted by atomic mass is 10.1. The lowest BCUT2D eigenvalue weighted by Gasteiger charge is -2.15. The maximum atomic E-state index is 11.9. The number of amides is 1. The molecule has 0 aliphatic carbocycles. The topological polar surface area (TPSA) is 67.2 Å². The highest BCUT2D eigenvalue weighted by Gasteiger charge is 2.13. The summed E-state index contributed by atoms with van der Waals surface area (Å²) in [7, 11) is 0. The number of carbonyl (C=O) groups is 1. The van der Waals surface area contributed by atoms with Crippen LogP contribution in [0.5, 0.6) is 0 Å². The van der Waals surface area contributed by atoms with Crippen molar-refractivity contribution in [3.05, 3.63) is 53.6 Å². The van der Waals surface area contributed by atoms with Crippen molar-refractivity contribution < 1.29 is 9.90 Å². The number of benzene rings is 1. The highest BCUT2D eigenvalue weighted by Crippen LogP contribution is 2.18. The van der Waals surface area contributed by atoms with Gasteiger partial charge in [0, 0.05) is 30.5 Å². The Morgan fingerprint density at radius 3 is 2.77 bits per heavy atom. The predicted molar refractivity (Wildman–Crippen MR) is 85.4 cm³/mol. The first kappa shape index (κ1) is 16.5. The van der Waals surface area contributed by atoms with Crippen LogP contribution in [0.3, 0.4) is 0 Å². The molecule has 0 bridgehead atoms. The molecule has 2 rings (SSSR count). The third-order valence-electron chi connectivity index (χ3n) is 3.36. The minimum Gasteiger partial charge on any atom is -0.388 e. The van der Waals surface area contributed by atoms with Crippen LogP contribution in [-0.4, -0.2) is 27.1 Å². The van der Waals surface area contributed by atoms with Crippen LogP contribution in [0.15, 0.2) is 43.0 Å². The van der Waals surface area contributed by atoms with E-state index in [4.69, 9.17) is 11.6 Å². The number of halogens is 1. The van der Waals surface area contributed by atoms with Crippen molar-refractivity contribution in [1.82, 2.24) is 14.9 Å². The molecule has 1 aromatic heterocycles. The summed E-state index contributed by atoms with van der Waals surface area (Å²) in [5, 5.41) is 13.5. The first-order valence-electron chi connectivity index (χ1n) is 7.20. The zero-order valence-corrected chi connectivity index (χ0v) is 13.2. The Morgan fingerprint density at radius 2 is 2.14 bits per heavy atom. The summed E-state index contributed by atoms with van der Waals surface area (Å²) in [6, 6.07) is 6.85. The van der Waals surface area contributed by atoms with E-state index < -0.39 is 6.10 Å². The number of hydrogen-bond donors (Lipinski definition) is 2. The molecule has 0 aliphatic heterocycles. The summed E-state index contributed by atoms with van der Waals surface area (Å²) in [6.07, 6.45) is 4.60. The zero-order valence-electron chi connectivity index (χ0n) is 12.4. The van der Waals surface area contributed by atoms with Gasteiger partial charge in [0.05, 0.1) is 18.9 Å². The van der Waals surface area contributed by atoms with Gasteiger partial charge in [0.1, 0.15) is 0 Å². The zero-order chi connectivity index (χ0) is 15.9. The molecule has 0 spiro atoms. The first-order chi connectivity index (χ1) is 10.5. The van der Waals surface area contributed by atoms with E-state index >= 15 is 0 Å². The van der Waals surface area contributed by atoms with Gasteiger partial charge in [-0.2, -0.15) is 0 Å². The lowest BCUT2D eigenvalue weighted by molar-refractivity contribution is -0.123. The number of rotatable bonds is 7. The standard InChI is InChI=1S/C16H20ClN3O2/c1-12(10-20-7-6-18-11-20)9-19-16(22)8-15(21)13-2-4-14(17)5-3-13/h2-7,11-12,15,21H,8-10H2,1H3,(H,19,22). The molecule has 0 fully saturated rings. The fourth-order valence-corrected chi connectivity index (χ4v) is 2.28. The molecule has 0 saturated carbocycles. The Labute approximate surface area is 134 Å². The third-order valence-corrected chi connectivity index (χ3v) is 3.61. The van der Waals surface area contributed by atoms with Gasteiger partial charge in [-0.15, -0.1) is 0 Å². The van der Waals surface area contributed by atoms with Crippen molar-refractivity contribution in [3.8, 4) is 0 Å². The maximum Gasteiger partial charge on any atom is 0.222 e. The van der Waals surface area contributed by atoms with Crippen LogP contribution in [0.2, 0.25) is 5.02 Å². The Balaban J connectivity index is 1.74. The van der Waals surface area contributed by atoms with Crippen molar-refractivity contribution in [2.45, 2.75) is 26.0 Å². The molecule has 2 aromatic rings. The third kappa shape index (κ3) is 5.16. The maximum absolute atomic E-state index is 11.9. The van der Waals surface area contributed by atoms with Gasteiger partial charge in [0.15, 0.2) is 0 Å². The van der Waals surface area contributed by atoms with Gasteiger partial charge in [-0.3, -0.25) is 4.79 Å². The van der Waals surface area contributed by atoms with Crippen LogP contribution in [-0.2, 0) is 11.3 Å². The first-order valence-corrected chi connectivity index (χ1v) is 7.58. The average Bonchev–Trinajstić information content (AvgIpc) is 2.98.